The summed E-state index contributed by atoms with van der Waals surface area (Å²) in [4.78, 5) is 14.8. The van der Waals surface area contributed by atoms with Crippen LogP contribution in [0.4, 0.5) is 17.3 Å². The monoisotopic (exact) mass is 282 g/mol. The van der Waals surface area contributed by atoms with Crippen molar-refractivity contribution in [1.82, 2.24) is 4.98 Å². The van der Waals surface area contributed by atoms with E-state index >= 15 is 0 Å². The van der Waals surface area contributed by atoms with E-state index in [0.29, 0.717) is 12.2 Å². The van der Waals surface area contributed by atoms with Crippen LogP contribution in [0.25, 0.3) is 0 Å². The van der Waals surface area contributed by atoms with Gasteiger partial charge in [0.15, 0.2) is 0 Å². The van der Waals surface area contributed by atoms with Gasteiger partial charge in [0, 0.05) is 25.3 Å². The Balaban J connectivity index is 2.85. The van der Waals surface area contributed by atoms with Gasteiger partial charge >= 0.3 is 5.69 Å². The maximum Gasteiger partial charge on any atom is 0.311 e. The summed E-state index contributed by atoms with van der Waals surface area (Å²) in [7, 11) is 0. The van der Waals surface area contributed by atoms with Crippen LogP contribution in [0.15, 0.2) is 12.1 Å². The minimum absolute atomic E-state index is 0.00905. The highest BCUT2D eigenvalue weighted by Crippen LogP contribution is 2.25. The molecule has 0 aliphatic heterocycles. The maximum atomic E-state index is 11.0. The number of aliphatic hydroxyl groups is 1. The van der Waals surface area contributed by atoms with E-state index in [1.165, 1.54) is 6.07 Å². The van der Waals surface area contributed by atoms with Gasteiger partial charge in [-0.3, -0.25) is 10.1 Å². The summed E-state index contributed by atoms with van der Waals surface area (Å²) in [6, 6.07) is 3.07. The molecule has 0 amide bonds. The number of anilines is 2. The first-order valence-electron chi connectivity index (χ1n) is 6.85. The SMILES string of the molecule is CCCNc1ccc([N+](=O)[O-])c(NC(C)CCCO)n1. The summed E-state index contributed by atoms with van der Waals surface area (Å²) in [5, 5.41) is 26.0. The first-order chi connectivity index (χ1) is 9.58. The molecule has 3 N–H and O–H groups in total. The highest BCUT2D eigenvalue weighted by molar-refractivity contribution is 5.60. The van der Waals surface area contributed by atoms with Gasteiger partial charge in [0.05, 0.1) is 4.92 Å². The van der Waals surface area contributed by atoms with Crippen molar-refractivity contribution >= 4 is 17.3 Å². The maximum absolute atomic E-state index is 11.0. The second kappa shape index (κ2) is 8.31. The van der Waals surface area contributed by atoms with Crippen LogP contribution in [0, 0.1) is 10.1 Å². The molecule has 0 saturated heterocycles. The number of aromatic nitrogens is 1. The Kier molecular flexibility index (Phi) is 6.72. The lowest BCUT2D eigenvalue weighted by Gasteiger charge is -2.15. The van der Waals surface area contributed by atoms with E-state index in [9.17, 15) is 10.1 Å². The Bertz CT molecular complexity index is 440. The molecule has 0 aliphatic carbocycles. The van der Waals surface area contributed by atoms with Gasteiger partial charge in [0.25, 0.3) is 0 Å². The van der Waals surface area contributed by atoms with Crippen molar-refractivity contribution in [1.29, 1.82) is 0 Å². The minimum Gasteiger partial charge on any atom is -0.396 e. The highest BCUT2D eigenvalue weighted by atomic mass is 16.6. The molecule has 0 saturated carbocycles. The highest BCUT2D eigenvalue weighted by Gasteiger charge is 2.17. The van der Waals surface area contributed by atoms with Gasteiger partial charge in [-0.2, -0.15) is 0 Å². The number of nitrogens with zero attached hydrogens (tertiary/aromatic N) is 2. The lowest BCUT2D eigenvalue weighted by molar-refractivity contribution is -0.384. The molecule has 112 valence electrons. The molecule has 0 spiro atoms. The van der Waals surface area contributed by atoms with Crippen LogP contribution in [0.3, 0.4) is 0 Å². The number of hydrogen-bond acceptors (Lipinski definition) is 6. The molecule has 0 aliphatic rings. The zero-order valence-corrected chi connectivity index (χ0v) is 11.9. The third-order valence-electron chi connectivity index (χ3n) is 2.81. The van der Waals surface area contributed by atoms with Gasteiger partial charge in [-0.05, 0) is 32.3 Å². The van der Waals surface area contributed by atoms with Crippen molar-refractivity contribution in [2.24, 2.45) is 0 Å². The van der Waals surface area contributed by atoms with Gasteiger partial charge in [0.1, 0.15) is 5.82 Å². The third kappa shape index (κ3) is 5.00. The second-order valence-corrected chi connectivity index (χ2v) is 4.66. The van der Waals surface area contributed by atoms with Crippen molar-refractivity contribution in [3.63, 3.8) is 0 Å². The molecule has 0 aromatic carbocycles. The average Bonchev–Trinajstić information content (AvgIpc) is 2.42. The third-order valence-corrected chi connectivity index (χ3v) is 2.81. The summed E-state index contributed by atoms with van der Waals surface area (Å²) in [6.45, 7) is 4.83. The molecule has 1 aromatic heterocycles. The fraction of sp³-hybridized carbons (Fsp3) is 0.615. The number of hydrogen-bond donors (Lipinski definition) is 3. The van der Waals surface area contributed by atoms with Gasteiger partial charge < -0.3 is 15.7 Å². The smallest absolute Gasteiger partial charge is 0.311 e. The Morgan fingerprint density at radius 1 is 1.50 bits per heavy atom. The van der Waals surface area contributed by atoms with Crippen LogP contribution < -0.4 is 10.6 Å². The Hall–Kier alpha value is -1.89. The van der Waals surface area contributed by atoms with E-state index in [1.807, 2.05) is 13.8 Å². The van der Waals surface area contributed by atoms with E-state index < -0.39 is 4.92 Å². The molecule has 1 heterocycles. The van der Waals surface area contributed by atoms with Gasteiger partial charge in [-0.1, -0.05) is 6.92 Å². The Morgan fingerprint density at radius 3 is 2.85 bits per heavy atom. The Labute approximate surface area is 118 Å². The largest absolute Gasteiger partial charge is 0.396 e. The minimum atomic E-state index is -0.447. The Morgan fingerprint density at radius 2 is 2.25 bits per heavy atom. The lowest BCUT2D eigenvalue weighted by Crippen LogP contribution is -2.18. The van der Waals surface area contributed by atoms with E-state index in [-0.39, 0.29) is 24.2 Å². The van der Waals surface area contributed by atoms with E-state index in [1.54, 1.807) is 6.07 Å². The van der Waals surface area contributed by atoms with Gasteiger partial charge in [-0.25, -0.2) is 4.98 Å². The molecule has 1 rings (SSSR count). The van der Waals surface area contributed by atoms with Crippen LogP contribution in [0.1, 0.15) is 33.1 Å². The van der Waals surface area contributed by atoms with E-state index in [4.69, 9.17) is 5.11 Å². The van der Waals surface area contributed by atoms with Crippen molar-refractivity contribution in [2.45, 2.75) is 39.2 Å². The molecule has 7 nitrogen and oxygen atoms in total. The number of aliphatic hydroxyl groups excluding tert-OH is 1. The molecule has 1 unspecified atom stereocenters. The zero-order chi connectivity index (χ0) is 15.0. The van der Waals surface area contributed by atoms with Gasteiger partial charge in [-0.15, -0.1) is 0 Å². The van der Waals surface area contributed by atoms with Crippen molar-refractivity contribution in [2.75, 3.05) is 23.8 Å². The number of nitrogens with one attached hydrogen (secondary N) is 2. The van der Waals surface area contributed by atoms with Crippen molar-refractivity contribution < 1.29 is 10.0 Å². The van der Waals surface area contributed by atoms with Crippen LogP contribution in [-0.2, 0) is 0 Å². The van der Waals surface area contributed by atoms with Crippen LogP contribution in [-0.4, -0.2) is 34.2 Å². The predicted octanol–water partition coefficient (Wildman–Crippen LogP) is 2.38. The second-order valence-electron chi connectivity index (χ2n) is 4.66. The molecule has 0 bridgehead atoms. The zero-order valence-electron chi connectivity index (χ0n) is 11.9. The normalized spacial score (nSPS) is 11.9. The molecular weight excluding hydrogens is 260 g/mol. The fourth-order valence-electron chi connectivity index (χ4n) is 1.76. The first-order valence-corrected chi connectivity index (χ1v) is 6.85. The van der Waals surface area contributed by atoms with Crippen LogP contribution >= 0.6 is 0 Å². The molecule has 0 radical (unpaired) electrons. The van der Waals surface area contributed by atoms with Crippen molar-refractivity contribution in [3.05, 3.63) is 22.2 Å². The van der Waals surface area contributed by atoms with Crippen LogP contribution in [0.2, 0.25) is 0 Å². The van der Waals surface area contributed by atoms with Crippen LogP contribution in [0.5, 0.6) is 0 Å². The molecule has 1 aromatic rings. The predicted molar refractivity (Wildman–Crippen MR) is 79.1 cm³/mol. The topological polar surface area (TPSA) is 100 Å². The summed E-state index contributed by atoms with van der Waals surface area (Å²) < 4.78 is 0. The first kappa shape index (κ1) is 16.2. The molecule has 1 atom stereocenters. The average molecular weight is 282 g/mol. The van der Waals surface area contributed by atoms with Gasteiger partial charge in [0.2, 0.25) is 5.82 Å². The van der Waals surface area contributed by atoms with E-state index in [0.717, 1.165) is 19.4 Å². The number of rotatable bonds is 9. The molecule has 7 heteroatoms. The molecule has 20 heavy (non-hydrogen) atoms. The summed E-state index contributed by atoms with van der Waals surface area (Å²) in [5.41, 5.74) is -0.0390. The van der Waals surface area contributed by atoms with E-state index in [2.05, 4.69) is 15.6 Å². The number of nitro groups is 1. The summed E-state index contributed by atoms with van der Waals surface area (Å²) >= 11 is 0. The lowest BCUT2D eigenvalue weighted by atomic mass is 10.2. The standard InChI is InChI=1S/C13H22N4O3/c1-3-8-14-12-7-6-11(17(19)20)13(16-12)15-10(2)5-4-9-18/h6-7,10,18H,3-5,8-9H2,1-2H3,(H2,14,15,16). The van der Waals surface area contributed by atoms with Crippen molar-refractivity contribution in [3.8, 4) is 0 Å². The molecule has 0 fully saturated rings. The number of pyridine rings is 1. The quantitative estimate of drug-likeness (QED) is 0.475. The fourth-order valence-corrected chi connectivity index (χ4v) is 1.76. The summed E-state index contributed by atoms with van der Waals surface area (Å²) in [6.07, 6.45) is 2.33. The molecular formula is C13H22N4O3. The summed E-state index contributed by atoms with van der Waals surface area (Å²) in [5.74, 6) is 0.885.